The summed E-state index contributed by atoms with van der Waals surface area (Å²) in [5, 5.41) is 0. The molecule has 2 atom stereocenters. The number of ether oxygens (including phenoxy) is 1. The minimum absolute atomic E-state index is 0.0683. The van der Waals surface area contributed by atoms with Gasteiger partial charge in [0, 0.05) is 0 Å². The number of methoxy groups -OCH3 is 1. The number of hydrogen-bond acceptors (Lipinski definition) is 2. The van der Waals surface area contributed by atoms with E-state index in [1.54, 1.807) is 0 Å². The quantitative estimate of drug-likeness (QED) is 0.425. The molecule has 11 heavy (non-hydrogen) atoms. The van der Waals surface area contributed by atoms with Crippen LogP contribution in [0.5, 0.6) is 0 Å². The highest BCUT2D eigenvalue weighted by atomic mass is 16.5. The molecule has 0 saturated carbocycles. The highest BCUT2D eigenvalue weighted by Crippen LogP contribution is 2.23. The van der Waals surface area contributed by atoms with Crippen LogP contribution < -0.4 is 0 Å². The van der Waals surface area contributed by atoms with Gasteiger partial charge in [0.05, 0.1) is 13.0 Å². The number of carbonyl (C=O) groups is 1. The van der Waals surface area contributed by atoms with Crippen molar-refractivity contribution >= 4 is 5.97 Å². The van der Waals surface area contributed by atoms with Gasteiger partial charge < -0.3 is 4.74 Å². The fourth-order valence-electron chi connectivity index (χ4n) is 1.46. The van der Waals surface area contributed by atoms with Crippen molar-refractivity contribution < 1.29 is 9.53 Å². The second-order valence-electron chi connectivity index (χ2n) is 3.10. The lowest BCUT2D eigenvalue weighted by molar-refractivity contribution is -0.145. The van der Waals surface area contributed by atoms with Crippen LogP contribution in [-0.4, -0.2) is 13.1 Å². The van der Waals surface area contributed by atoms with E-state index in [1.165, 1.54) is 7.11 Å². The van der Waals surface area contributed by atoms with Crippen molar-refractivity contribution in [3.63, 3.8) is 0 Å². The van der Waals surface area contributed by atoms with E-state index in [4.69, 9.17) is 0 Å². The molecule has 2 nitrogen and oxygen atoms in total. The fourth-order valence-corrected chi connectivity index (χ4v) is 1.46. The number of rotatable bonds is 1. The predicted octanol–water partition coefficient (Wildman–Crippen LogP) is 1.76. The summed E-state index contributed by atoms with van der Waals surface area (Å²) < 4.78 is 4.67. The van der Waals surface area contributed by atoms with Crippen molar-refractivity contribution in [3.8, 4) is 0 Å². The van der Waals surface area contributed by atoms with Crippen LogP contribution >= 0.6 is 0 Å². The van der Waals surface area contributed by atoms with E-state index in [9.17, 15) is 4.79 Å². The lowest BCUT2D eigenvalue weighted by atomic mass is 9.88. The molecule has 0 radical (unpaired) electrons. The maximum absolute atomic E-state index is 11.1. The Morgan fingerprint density at radius 2 is 2.36 bits per heavy atom. The second kappa shape index (κ2) is 3.56. The average Bonchev–Trinajstić information content (AvgIpc) is 2.03. The van der Waals surface area contributed by atoms with Crippen molar-refractivity contribution in [1.29, 1.82) is 0 Å². The molecule has 0 unspecified atom stereocenters. The molecule has 0 aromatic rings. The molecule has 1 rings (SSSR count). The summed E-state index contributed by atoms with van der Waals surface area (Å²) in [5.41, 5.74) is 0. The Kier molecular flexibility index (Phi) is 2.69. The fraction of sp³-hybridized carbons (Fsp3) is 0.667. The molecular formula is C9H14O2. The summed E-state index contributed by atoms with van der Waals surface area (Å²) in [6.07, 6.45) is 6.00. The maximum atomic E-state index is 11.1. The zero-order valence-corrected chi connectivity index (χ0v) is 7.04. The second-order valence-corrected chi connectivity index (χ2v) is 3.10. The Morgan fingerprint density at radius 3 is 2.91 bits per heavy atom. The van der Waals surface area contributed by atoms with Crippen LogP contribution in [0.3, 0.4) is 0 Å². The molecule has 0 aromatic carbocycles. The summed E-state index contributed by atoms with van der Waals surface area (Å²) in [6, 6.07) is 0. The summed E-state index contributed by atoms with van der Waals surface area (Å²) in [6.45, 7) is 2.12. The third-order valence-electron chi connectivity index (χ3n) is 2.08. The topological polar surface area (TPSA) is 26.3 Å². The van der Waals surface area contributed by atoms with Crippen LogP contribution in [0.25, 0.3) is 0 Å². The van der Waals surface area contributed by atoms with Gasteiger partial charge in [-0.2, -0.15) is 0 Å². The van der Waals surface area contributed by atoms with Gasteiger partial charge in [0.25, 0.3) is 0 Å². The van der Waals surface area contributed by atoms with Crippen LogP contribution in [0.4, 0.5) is 0 Å². The van der Waals surface area contributed by atoms with Gasteiger partial charge in [0.2, 0.25) is 0 Å². The lowest BCUT2D eigenvalue weighted by Crippen LogP contribution is -2.20. The minimum Gasteiger partial charge on any atom is -0.469 e. The summed E-state index contributed by atoms with van der Waals surface area (Å²) in [4.78, 5) is 11.1. The molecule has 1 aliphatic rings. The van der Waals surface area contributed by atoms with Gasteiger partial charge >= 0.3 is 5.97 Å². The number of hydrogen-bond donors (Lipinski definition) is 0. The Bertz CT molecular complexity index is 172. The molecule has 2 heteroatoms. The molecule has 0 aliphatic heterocycles. The molecule has 0 N–H and O–H groups in total. The van der Waals surface area contributed by atoms with E-state index >= 15 is 0 Å². The van der Waals surface area contributed by atoms with Crippen molar-refractivity contribution in [2.75, 3.05) is 7.11 Å². The van der Waals surface area contributed by atoms with Crippen LogP contribution in [-0.2, 0) is 9.53 Å². The predicted molar refractivity (Wildman–Crippen MR) is 43.0 cm³/mol. The van der Waals surface area contributed by atoms with Gasteiger partial charge in [-0.1, -0.05) is 19.1 Å². The first kappa shape index (κ1) is 8.31. The van der Waals surface area contributed by atoms with Crippen molar-refractivity contribution in [2.45, 2.75) is 19.8 Å². The first-order valence-corrected chi connectivity index (χ1v) is 3.98. The molecule has 0 fully saturated rings. The normalized spacial score (nSPS) is 30.0. The van der Waals surface area contributed by atoms with E-state index in [0.29, 0.717) is 5.92 Å². The number of allylic oxidation sites excluding steroid dienone is 2. The average molecular weight is 154 g/mol. The van der Waals surface area contributed by atoms with Crippen LogP contribution in [0.2, 0.25) is 0 Å². The Morgan fingerprint density at radius 1 is 1.64 bits per heavy atom. The minimum atomic E-state index is -0.0683. The highest BCUT2D eigenvalue weighted by molar-refractivity contribution is 5.72. The van der Waals surface area contributed by atoms with E-state index in [2.05, 4.69) is 23.8 Å². The molecule has 0 bridgehead atoms. The summed E-state index contributed by atoms with van der Waals surface area (Å²) in [5.74, 6) is 0.550. The van der Waals surface area contributed by atoms with E-state index in [-0.39, 0.29) is 11.9 Å². The number of carbonyl (C=O) groups excluding carboxylic acids is 1. The molecule has 0 amide bonds. The first-order valence-electron chi connectivity index (χ1n) is 3.98. The highest BCUT2D eigenvalue weighted by Gasteiger charge is 2.22. The van der Waals surface area contributed by atoms with E-state index < -0.39 is 0 Å². The maximum Gasteiger partial charge on any atom is 0.308 e. The molecule has 0 saturated heterocycles. The largest absolute Gasteiger partial charge is 0.469 e. The summed E-state index contributed by atoms with van der Waals surface area (Å²) >= 11 is 0. The third-order valence-corrected chi connectivity index (χ3v) is 2.08. The van der Waals surface area contributed by atoms with Gasteiger partial charge in [-0.15, -0.1) is 0 Å². The Hall–Kier alpha value is -0.790. The van der Waals surface area contributed by atoms with Gasteiger partial charge in [-0.3, -0.25) is 4.79 Å². The molecule has 0 aromatic heterocycles. The molecule has 1 aliphatic carbocycles. The SMILES string of the molecule is COC(=O)[C@@H]1CC=C[C@H](C)C1. The Balaban J connectivity index is 2.49. The zero-order chi connectivity index (χ0) is 8.27. The lowest BCUT2D eigenvalue weighted by Gasteiger charge is -2.19. The molecule has 0 heterocycles. The van der Waals surface area contributed by atoms with Crippen LogP contribution in [0, 0.1) is 11.8 Å². The van der Waals surface area contributed by atoms with Crippen molar-refractivity contribution in [1.82, 2.24) is 0 Å². The summed E-state index contributed by atoms with van der Waals surface area (Å²) in [7, 11) is 1.45. The monoisotopic (exact) mass is 154 g/mol. The number of esters is 1. The van der Waals surface area contributed by atoms with Gasteiger partial charge in [-0.05, 0) is 18.8 Å². The standard InChI is InChI=1S/C9H14O2/c1-7-4-3-5-8(6-7)9(10)11-2/h3-4,7-8H,5-6H2,1-2H3/t7-,8+/m0/s1. The Labute approximate surface area is 67.2 Å². The van der Waals surface area contributed by atoms with E-state index in [0.717, 1.165) is 12.8 Å². The van der Waals surface area contributed by atoms with E-state index in [1.807, 2.05) is 0 Å². The van der Waals surface area contributed by atoms with Crippen LogP contribution in [0.15, 0.2) is 12.2 Å². The van der Waals surface area contributed by atoms with Crippen molar-refractivity contribution in [2.24, 2.45) is 11.8 Å². The van der Waals surface area contributed by atoms with Gasteiger partial charge in [0.1, 0.15) is 0 Å². The van der Waals surface area contributed by atoms with Crippen molar-refractivity contribution in [3.05, 3.63) is 12.2 Å². The van der Waals surface area contributed by atoms with Crippen LogP contribution in [0.1, 0.15) is 19.8 Å². The zero-order valence-electron chi connectivity index (χ0n) is 7.04. The molecular weight excluding hydrogens is 140 g/mol. The molecule has 0 spiro atoms. The van der Waals surface area contributed by atoms with Gasteiger partial charge in [0.15, 0.2) is 0 Å². The molecule has 62 valence electrons. The van der Waals surface area contributed by atoms with Gasteiger partial charge in [-0.25, -0.2) is 0 Å². The first-order chi connectivity index (χ1) is 5.24. The third kappa shape index (κ3) is 2.07. The smallest absolute Gasteiger partial charge is 0.308 e.